The van der Waals surface area contributed by atoms with Gasteiger partial charge in [0.25, 0.3) is 0 Å². The molecule has 5 heteroatoms. The van der Waals surface area contributed by atoms with Gasteiger partial charge < -0.3 is 9.84 Å². The molecular weight excluding hydrogens is 252 g/mol. The minimum Gasteiger partial charge on any atom is -0.490 e. The number of hydrogen-bond acceptors (Lipinski definition) is 4. The van der Waals surface area contributed by atoms with E-state index in [1.807, 2.05) is 0 Å². The molecule has 0 spiro atoms. The molecule has 92 valence electrons. The lowest BCUT2D eigenvalue weighted by Crippen LogP contribution is -2.04. The van der Waals surface area contributed by atoms with Crippen LogP contribution in [-0.2, 0) is 0 Å². The molecule has 0 radical (unpaired) electrons. The first-order chi connectivity index (χ1) is 8.61. The van der Waals surface area contributed by atoms with Crippen LogP contribution in [0.2, 0.25) is 0 Å². The summed E-state index contributed by atoms with van der Waals surface area (Å²) in [6.45, 7) is 3.89. The zero-order valence-corrected chi connectivity index (χ0v) is 10.2. The largest absolute Gasteiger partial charge is 0.490 e. The summed E-state index contributed by atoms with van der Waals surface area (Å²) in [6.07, 6.45) is 1.61. The Balaban J connectivity index is 2.54. The predicted molar refractivity (Wildman–Crippen MR) is 70.7 cm³/mol. The molecule has 1 aromatic heterocycles. The number of carboxylic acid groups (broad SMARTS) is 1. The summed E-state index contributed by atoms with van der Waals surface area (Å²) in [5.41, 5.74) is -0.315. The fourth-order valence-corrected chi connectivity index (χ4v) is 2.38. The van der Waals surface area contributed by atoms with Crippen molar-refractivity contribution in [3.8, 4) is 5.75 Å². The Morgan fingerprint density at radius 1 is 1.44 bits per heavy atom. The van der Waals surface area contributed by atoms with Gasteiger partial charge in [-0.05, 0) is 18.2 Å². The number of aromatic carboxylic acids is 1. The van der Waals surface area contributed by atoms with E-state index in [1.54, 1.807) is 24.3 Å². The lowest BCUT2D eigenvalue weighted by molar-refractivity contribution is 0.0702. The average molecular weight is 262 g/mol. The van der Waals surface area contributed by atoms with Crippen LogP contribution in [0.15, 0.2) is 41.7 Å². The SMILES string of the molecule is C=CCOc1ccc2sc(C(=O)O)cc(=O)c2c1. The summed E-state index contributed by atoms with van der Waals surface area (Å²) < 4.78 is 5.96. The van der Waals surface area contributed by atoms with E-state index in [0.717, 1.165) is 17.4 Å². The third-order valence-corrected chi connectivity index (χ3v) is 3.37. The van der Waals surface area contributed by atoms with Crippen molar-refractivity contribution in [3.05, 3.63) is 52.0 Å². The summed E-state index contributed by atoms with van der Waals surface area (Å²) >= 11 is 1.07. The molecule has 2 aromatic rings. The first kappa shape index (κ1) is 12.3. The summed E-state index contributed by atoms with van der Waals surface area (Å²) in [5.74, 6) is -0.527. The predicted octanol–water partition coefficient (Wildman–Crippen LogP) is 2.52. The Kier molecular flexibility index (Phi) is 3.43. The highest BCUT2D eigenvalue weighted by Crippen LogP contribution is 2.23. The normalized spacial score (nSPS) is 10.2. The second-order valence-electron chi connectivity index (χ2n) is 3.54. The zero-order valence-electron chi connectivity index (χ0n) is 9.38. The van der Waals surface area contributed by atoms with Gasteiger partial charge in [-0.25, -0.2) is 4.79 Å². The first-order valence-corrected chi connectivity index (χ1v) is 5.98. The van der Waals surface area contributed by atoms with Crippen LogP contribution in [0.4, 0.5) is 0 Å². The van der Waals surface area contributed by atoms with Crippen LogP contribution < -0.4 is 10.2 Å². The summed E-state index contributed by atoms with van der Waals surface area (Å²) in [4.78, 5) is 22.7. The number of carbonyl (C=O) groups is 1. The molecule has 4 nitrogen and oxygen atoms in total. The minimum atomic E-state index is -1.09. The van der Waals surface area contributed by atoms with Gasteiger partial charge in [-0.2, -0.15) is 0 Å². The maximum Gasteiger partial charge on any atom is 0.346 e. The van der Waals surface area contributed by atoms with Gasteiger partial charge >= 0.3 is 5.97 Å². The monoisotopic (exact) mass is 262 g/mol. The third kappa shape index (κ3) is 2.41. The van der Waals surface area contributed by atoms with Crippen molar-refractivity contribution in [2.24, 2.45) is 0 Å². The van der Waals surface area contributed by atoms with Crippen molar-refractivity contribution in [1.29, 1.82) is 0 Å². The topological polar surface area (TPSA) is 63.6 Å². The number of ether oxygens (including phenoxy) is 1. The number of carboxylic acids is 1. The van der Waals surface area contributed by atoms with E-state index in [4.69, 9.17) is 9.84 Å². The lowest BCUT2D eigenvalue weighted by atomic mass is 10.2. The third-order valence-electron chi connectivity index (χ3n) is 2.28. The number of fused-ring (bicyclic) bond motifs is 1. The van der Waals surface area contributed by atoms with Crippen molar-refractivity contribution in [3.63, 3.8) is 0 Å². The van der Waals surface area contributed by atoms with Crippen molar-refractivity contribution in [1.82, 2.24) is 0 Å². The molecule has 0 saturated carbocycles. The van der Waals surface area contributed by atoms with Crippen LogP contribution in [-0.4, -0.2) is 17.7 Å². The smallest absolute Gasteiger partial charge is 0.346 e. The molecule has 0 amide bonds. The van der Waals surface area contributed by atoms with Crippen molar-refractivity contribution in [2.45, 2.75) is 0 Å². The van der Waals surface area contributed by atoms with Gasteiger partial charge in [0, 0.05) is 16.2 Å². The minimum absolute atomic E-state index is 0.0345. The van der Waals surface area contributed by atoms with E-state index in [1.165, 1.54) is 0 Å². The van der Waals surface area contributed by atoms with Gasteiger partial charge in [0.15, 0.2) is 5.43 Å². The Morgan fingerprint density at radius 3 is 2.89 bits per heavy atom. The van der Waals surface area contributed by atoms with Crippen molar-refractivity contribution < 1.29 is 14.6 Å². The molecule has 0 bridgehead atoms. The van der Waals surface area contributed by atoms with E-state index < -0.39 is 5.97 Å². The molecule has 0 aliphatic heterocycles. The molecule has 18 heavy (non-hydrogen) atoms. The first-order valence-electron chi connectivity index (χ1n) is 5.16. The van der Waals surface area contributed by atoms with Crippen LogP contribution in [0, 0.1) is 0 Å². The second kappa shape index (κ2) is 5.01. The Labute approximate surface area is 107 Å². The van der Waals surface area contributed by atoms with Gasteiger partial charge in [-0.3, -0.25) is 4.79 Å². The van der Waals surface area contributed by atoms with Crippen LogP contribution in [0.25, 0.3) is 10.1 Å². The number of hydrogen-bond donors (Lipinski definition) is 1. The molecule has 0 aliphatic rings. The zero-order chi connectivity index (χ0) is 13.1. The van der Waals surface area contributed by atoms with Gasteiger partial charge in [0.1, 0.15) is 17.2 Å². The summed E-state index contributed by atoms with van der Waals surface area (Å²) in [7, 11) is 0. The molecule has 2 rings (SSSR count). The number of rotatable bonds is 4. The molecule has 0 unspecified atom stereocenters. The van der Waals surface area contributed by atoms with Crippen LogP contribution >= 0.6 is 11.3 Å². The van der Waals surface area contributed by atoms with E-state index in [2.05, 4.69) is 6.58 Å². The summed E-state index contributed by atoms with van der Waals surface area (Å²) in [5, 5.41) is 9.34. The van der Waals surface area contributed by atoms with Gasteiger partial charge in [-0.15, -0.1) is 11.3 Å². The lowest BCUT2D eigenvalue weighted by Gasteiger charge is -2.04. The van der Waals surface area contributed by atoms with E-state index >= 15 is 0 Å². The van der Waals surface area contributed by atoms with Gasteiger partial charge in [0.05, 0.1) is 0 Å². The van der Waals surface area contributed by atoms with E-state index in [0.29, 0.717) is 22.4 Å². The maximum absolute atomic E-state index is 11.8. The van der Waals surface area contributed by atoms with E-state index in [9.17, 15) is 9.59 Å². The molecule has 1 heterocycles. The fraction of sp³-hybridized carbons (Fsp3) is 0.0769. The maximum atomic E-state index is 11.8. The molecule has 1 aromatic carbocycles. The Morgan fingerprint density at radius 2 is 2.22 bits per heavy atom. The highest BCUT2D eigenvalue weighted by molar-refractivity contribution is 7.20. The standard InChI is InChI=1S/C13H10O4S/c1-2-5-17-8-3-4-11-9(6-8)10(14)7-12(18-11)13(15)16/h2-4,6-7H,1,5H2,(H,15,16). The highest BCUT2D eigenvalue weighted by Gasteiger charge is 2.09. The fourth-order valence-electron chi connectivity index (χ4n) is 1.49. The Hall–Kier alpha value is -2.14. The molecule has 1 N–H and O–H groups in total. The van der Waals surface area contributed by atoms with Gasteiger partial charge in [0.2, 0.25) is 0 Å². The molecular formula is C13H10O4S. The van der Waals surface area contributed by atoms with Crippen molar-refractivity contribution >= 4 is 27.4 Å². The van der Waals surface area contributed by atoms with Crippen LogP contribution in [0.1, 0.15) is 9.67 Å². The molecule has 0 saturated heterocycles. The second-order valence-corrected chi connectivity index (χ2v) is 4.62. The number of benzene rings is 1. The van der Waals surface area contributed by atoms with Crippen LogP contribution in [0.5, 0.6) is 5.75 Å². The van der Waals surface area contributed by atoms with Crippen LogP contribution in [0.3, 0.4) is 0 Å². The molecule has 0 fully saturated rings. The van der Waals surface area contributed by atoms with E-state index in [-0.39, 0.29) is 10.3 Å². The quantitative estimate of drug-likeness (QED) is 0.860. The Bertz CT molecular complexity index is 672. The summed E-state index contributed by atoms with van der Waals surface area (Å²) in [6, 6.07) is 6.13. The molecule has 0 atom stereocenters. The molecule has 0 aliphatic carbocycles. The average Bonchev–Trinajstić information content (AvgIpc) is 2.36. The van der Waals surface area contributed by atoms with Crippen molar-refractivity contribution in [2.75, 3.05) is 6.61 Å². The highest BCUT2D eigenvalue weighted by atomic mass is 32.1. The van der Waals surface area contributed by atoms with Gasteiger partial charge in [-0.1, -0.05) is 12.7 Å².